The number of halogens is 1. The Morgan fingerprint density at radius 3 is 3.00 bits per heavy atom. The van der Waals surface area contributed by atoms with Gasteiger partial charge < -0.3 is 11.1 Å². The topological polar surface area (TPSA) is 72.9 Å². The number of aryl methyl sites for hydroxylation is 1. The summed E-state index contributed by atoms with van der Waals surface area (Å²) in [5.41, 5.74) is 9.27. The molecule has 0 saturated heterocycles. The molecule has 6 heteroatoms. The Morgan fingerprint density at radius 2 is 2.30 bits per heavy atom. The normalized spacial score (nSPS) is 14.1. The van der Waals surface area contributed by atoms with Crippen molar-refractivity contribution in [3.8, 4) is 11.3 Å². The Balaban J connectivity index is 2.19. The highest BCUT2D eigenvalue weighted by molar-refractivity contribution is 6.31. The lowest BCUT2D eigenvalue weighted by Gasteiger charge is -2.15. The molecule has 0 saturated carbocycles. The number of fused-ring (bicyclic) bond motifs is 1. The van der Waals surface area contributed by atoms with E-state index >= 15 is 0 Å². The average Bonchev–Trinajstić information content (AvgIpc) is 2.81. The van der Waals surface area contributed by atoms with E-state index in [9.17, 15) is 4.79 Å². The van der Waals surface area contributed by atoms with Gasteiger partial charge in [0.15, 0.2) is 0 Å². The molecule has 104 valence electrons. The summed E-state index contributed by atoms with van der Waals surface area (Å²) in [5, 5.41) is 8.41. The van der Waals surface area contributed by atoms with Crippen molar-refractivity contribution >= 4 is 17.5 Å². The van der Waals surface area contributed by atoms with Crippen LogP contribution in [0.4, 0.5) is 0 Å². The van der Waals surface area contributed by atoms with Crippen LogP contribution >= 0.6 is 11.6 Å². The summed E-state index contributed by atoms with van der Waals surface area (Å²) in [4.78, 5) is 11.8. The first kappa shape index (κ1) is 13.1. The van der Waals surface area contributed by atoms with E-state index in [1.165, 1.54) is 0 Å². The number of nitrogens with two attached hydrogens (primary N) is 1. The zero-order chi connectivity index (χ0) is 14.3. The number of nitrogens with one attached hydrogen (secondary N) is 1. The van der Waals surface area contributed by atoms with Crippen LogP contribution in [0.15, 0.2) is 18.2 Å². The van der Waals surface area contributed by atoms with Gasteiger partial charge in [-0.3, -0.25) is 9.48 Å². The fourth-order valence-corrected chi connectivity index (χ4v) is 2.63. The van der Waals surface area contributed by atoms with Crippen molar-refractivity contribution in [1.29, 1.82) is 0 Å². The average molecular weight is 291 g/mol. The molecule has 3 N–H and O–H groups in total. The number of benzene rings is 1. The van der Waals surface area contributed by atoms with Crippen LogP contribution < -0.4 is 11.1 Å². The quantitative estimate of drug-likeness (QED) is 0.884. The fraction of sp³-hybridized carbons (Fsp3) is 0.286. The van der Waals surface area contributed by atoms with Gasteiger partial charge in [-0.1, -0.05) is 23.7 Å². The van der Waals surface area contributed by atoms with Crippen molar-refractivity contribution in [2.24, 2.45) is 5.73 Å². The smallest absolute Gasteiger partial charge is 0.252 e. The summed E-state index contributed by atoms with van der Waals surface area (Å²) in [7, 11) is 0. The predicted octanol–water partition coefficient (Wildman–Crippen LogP) is 1.71. The number of aromatic nitrogens is 2. The summed E-state index contributed by atoms with van der Waals surface area (Å²) in [5.74, 6) is -0.457. The minimum atomic E-state index is -0.457. The number of amides is 1. The standard InChI is InChI=1S/C14H15ClN4O/c1-8-2-3-9(6-10(8)15)13-12(14(16)20)11-7-17-4-5-19(11)18-13/h2-3,6,17H,4-5,7H2,1H3,(H2,16,20). The van der Waals surface area contributed by atoms with Crippen molar-refractivity contribution in [2.45, 2.75) is 20.0 Å². The molecule has 0 atom stereocenters. The van der Waals surface area contributed by atoms with Gasteiger partial charge in [-0.25, -0.2) is 0 Å². The molecule has 1 amide bonds. The van der Waals surface area contributed by atoms with Gasteiger partial charge in [0, 0.05) is 23.7 Å². The monoisotopic (exact) mass is 290 g/mol. The third kappa shape index (κ3) is 2.09. The van der Waals surface area contributed by atoms with E-state index in [0.717, 1.165) is 29.9 Å². The number of hydrogen-bond acceptors (Lipinski definition) is 3. The molecular weight excluding hydrogens is 276 g/mol. The molecule has 3 rings (SSSR count). The summed E-state index contributed by atoms with van der Waals surface area (Å²) in [6, 6.07) is 5.65. The minimum Gasteiger partial charge on any atom is -0.365 e. The van der Waals surface area contributed by atoms with Gasteiger partial charge in [0.25, 0.3) is 5.91 Å². The molecule has 1 aromatic heterocycles. The number of carbonyl (C=O) groups excluding carboxylic acids is 1. The highest BCUT2D eigenvalue weighted by Gasteiger charge is 2.24. The Morgan fingerprint density at radius 1 is 1.50 bits per heavy atom. The van der Waals surface area contributed by atoms with Crippen LogP contribution in [-0.4, -0.2) is 22.2 Å². The minimum absolute atomic E-state index is 0.457. The van der Waals surface area contributed by atoms with Crippen LogP contribution in [0, 0.1) is 6.92 Å². The molecule has 20 heavy (non-hydrogen) atoms. The lowest BCUT2D eigenvalue weighted by Crippen LogP contribution is -2.30. The molecule has 0 spiro atoms. The Hall–Kier alpha value is -1.85. The van der Waals surface area contributed by atoms with Gasteiger partial charge in [0.2, 0.25) is 0 Å². The van der Waals surface area contributed by atoms with Crippen LogP contribution in [0.1, 0.15) is 21.6 Å². The molecule has 1 aliphatic rings. The molecule has 0 aliphatic carbocycles. The van der Waals surface area contributed by atoms with Crippen molar-refractivity contribution in [2.75, 3.05) is 6.54 Å². The maximum atomic E-state index is 11.8. The van der Waals surface area contributed by atoms with Crippen LogP contribution in [0.5, 0.6) is 0 Å². The lowest BCUT2D eigenvalue weighted by molar-refractivity contribution is 0.0999. The van der Waals surface area contributed by atoms with Crippen LogP contribution in [0.3, 0.4) is 0 Å². The predicted molar refractivity (Wildman–Crippen MR) is 77.6 cm³/mol. The highest BCUT2D eigenvalue weighted by Crippen LogP contribution is 2.29. The molecule has 0 unspecified atom stereocenters. The maximum absolute atomic E-state index is 11.8. The van der Waals surface area contributed by atoms with Crippen molar-refractivity contribution < 1.29 is 4.79 Å². The second kappa shape index (κ2) is 4.92. The molecule has 0 fully saturated rings. The van der Waals surface area contributed by atoms with Gasteiger partial charge in [-0.05, 0) is 18.6 Å². The first-order valence-electron chi connectivity index (χ1n) is 6.44. The van der Waals surface area contributed by atoms with E-state index < -0.39 is 5.91 Å². The molecule has 0 bridgehead atoms. The van der Waals surface area contributed by atoms with E-state index in [4.69, 9.17) is 17.3 Å². The number of primary amides is 1. The van der Waals surface area contributed by atoms with E-state index in [-0.39, 0.29) is 0 Å². The molecule has 1 aliphatic heterocycles. The third-order valence-corrected chi connectivity index (χ3v) is 3.95. The van der Waals surface area contributed by atoms with Crippen molar-refractivity contribution in [3.05, 3.63) is 40.0 Å². The van der Waals surface area contributed by atoms with Crippen LogP contribution in [0.2, 0.25) is 5.02 Å². The molecule has 5 nitrogen and oxygen atoms in total. The Bertz CT molecular complexity index is 693. The van der Waals surface area contributed by atoms with E-state index in [1.807, 2.05) is 29.8 Å². The maximum Gasteiger partial charge on any atom is 0.252 e. The van der Waals surface area contributed by atoms with Crippen molar-refractivity contribution in [3.63, 3.8) is 0 Å². The zero-order valence-corrected chi connectivity index (χ0v) is 11.9. The van der Waals surface area contributed by atoms with Crippen LogP contribution in [0.25, 0.3) is 11.3 Å². The number of hydrogen-bond donors (Lipinski definition) is 2. The van der Waals surface area contributed by atoms with E-state index in [0.29, 0.717) is 22.8 Å². The first-order valence-corrected chi connectivity index (χ1v) is 6.82. The number of nitrogens with zero attached hydrogens (tertiary/aromatic N) is 2. The third-order valence-electron chi connectivity index (χ3n) is 3.54. The summed E-state index contributed by atoms with van der Waals surface area (Å²) in [6.45, 7) is 4.10. The largest absolute Gasteiger partial charge is 0.365 e. The van der Waals surface area contributed by atoms with Gasteiger partial charge in [-0.15, -0.1) is 0 Å². The van der Waals surface area contributed by atoms with Gasteiger partial charge in [0.1, 0.15) is 5.69 Å². The van der Waals surface area contributed by atoms with Gasteiger partial charge >= 0.3 is 0 Å². The van der Waals surface area contributed by atoms with E-state index in [1.54, 1.807) is 0 Å². The first-order chi connectivity index (χ1) is 9.58. The van der Waals surface area contributed by atoms with Gasteiger partial charge in [0.05, 0.1) is 17.8 Å². The molecule has 0 radical (unpaired) electrons. The summed E-state index contributed by atoms with van der Waals surface area (Å²) >= 11 is 6.16. The molecule has 2 aromatic rings. The number of rotatable bonds is 2. The summed E-state index contributed by atoms with van der Waals surface area (Å²) < 4.78 is 1.85. The second-order valence-corrected chi connectivity index (χ2v) is 5.31. The molecule has 2 heterocycles. The van der Waals surface area contributed by atoms with Crippen molar-refractivity contribution in [1.82, 2.24) is 15.1 Å². The highest BCUT2D eigenvalue weighted by atomic mass is 35.5. The molecular formula is C14H15ClN4O. The Kier molecular flexibility index (Phi) is 3.23. The van der Waals surface area contributed by atoms with E-state index in [2.05, 4.69) is 10.4 Å². The van der Waals surface area contributed by atoms with Crippen LogP contribution in [-0.2, 0) is 13.1 Å². The number of carbonyl (C=O) groups is 1. The SMILES string of the molecule is Cc1ccc(-c2nn3c(c2C(N)=O)CNCC3)cc1Cl. The van der Waals surface area contributed by atoms with Gasteiger partial charge in [-0.2, -0.15) is 5.10 Å². The summed E-state index contributed by atoms with van der Waals surface area (Å²) in [6.07, 6.45) is 0. The second-order valence-electron chi connectivity index (χ2n) is 4.90. The lowest BCUT2D eigenvalue weighted by atomic mass is 10.0. The fourth-order valence-electron chi connectivity index (χ4n) is 2.45. The molecule has 1 aromatic carbocycles. The zero-order valence-electron chi connectivity index (χ0n) is 11.1. The Labute approximate surface area is 121 Å².